The molecule has 29 heavy (non-hydrogen) atoms. The minimum Gasteiger partial charge on any atom is -0.507 e. The number of hydrogen-bond acceptors (Lipinski definition) is 6. The molecule has 0 radical (unpaired) electrons. The maximum absolute atomic E-state index is 12.9. The lowest BCUT2D eigenvalue weighted by atomic mass is 10.0. The third-order valence-corrected chi connectivity index (χ3v) is 4.94. The number of alkyl halides is 3. The summed E-state index contributed by atoms with van der Waals surface area (Å²) in [6.45, 7) is 1.20. The Morgan fingerprint density at radius 3 is 2.48 bits per heavy atom. The number of phenolic OH excluding ortho intramolecular Hbond substituents is 1. The number of anilines is 1. The highest BCUT2D eigenvalue weighted by molar-refractivity contribution is 6.00. The quantitative estimate of drug-likeness (QED) is 0.536. The normalized spacial score (nSPS) is 20.0. The average Bonchev–Trinajstić information content (AvgIpc) is 2.68. The van der Waals surface area contributed by atoms with Gasteiger partial charge in [0.2, 0.25) is 0 Å². The zero-order chi connectivity index (χ0) is 20.6. The van der Waals surface area contributed by atoms with Crippen LogP contribution in [0.5, 0.6) is 5.75 Å². The number of aliphatic hydroxyl groups excluding tert-OH is 1. The van der Waals surface area contributed by atoms with Crippen LogP contribution in [0.3, 0.4) is 0 Å². The van der Waals surface area contributed by atoms with Gasteiger partial charge in [0, 0.05) is 35.5 Å². The molecule has 1 unspecified atom stereocenters. The Balaban J connectivity index is 1.74. The largest absolute Gasteiger partial charge is 0.507 e. The fourth-order valence-corrected chi connectivity index (χ4v) is 3.54. The number of phenols is 1. The van der Waals surface area contributed by atoms with E-state index < -0.39 is 23.6 Å². The predicted molar refractivity (Wildman–Crippen MR) is 103 cm³/mol. The molecule has 2 atom stereocenters. The molecule has 0 spiro atoms. The number of β-amino-alcohol motifs (C(OH)–C–C–N with tert-alkyl or cyclic N) is 1. The standard InChI is InChI=1S/C20H19F3N4O2/c21-20(22,23)11-5-6-16(17(29)7-11)18-14-3-1-2-4-15(14)19(27-26-18)25-12-8-13(28)10-24-9-12/h1-7,12-13,24,28-29H,8-10H2,(H,25,27)/t12?,13-/m1/s1. The van der Waals surface area contributed by atoms with Crippen LogP contribution in [0.25, 0.3) is 22.0 Å². The number of nitrogens with zero attached hydrogens (tertiary/aromatic N) is 2. The zero-order valence-corrected chi connectivity index (χ0v) is 15.2. The second kappa shape index (κ2) is 7.49. The summed E-state index contributed by atoms with van der Waals surface area (Å²) in [6, 6.07) is 9.95. The van der Waals surface area contributed by atoms with E-state index in [1.165, 1.54) is 6.07 Å². The van der Waals surface area contributed by atoms with Crippen LogP contribution < -0.4 is 10.6 Å². The lowest BCUT2D eigenvalue weighted by molar-refractivity contribution is -0.137. The molecule has 0 saturated carbocycles. The number of fused-ring (bicyclic) bond motifs is 1. The van der Waals surface area contributed by atoms with E-state index in [1.54, 1.807) is 12.1 Å². The second-order valence-corrected chi connectivity index (χ2v) is 7.06. The minimum absolute atomic E-state index is 0.0400. The number of benzene rings is 2. The van der Waals surface area contributed by atoms with Gasteiger partial charge >= 0.3 is 6.18 Å². The molecule has 1 aliphatic rings. The van der Waals surface area contributed by atoms with Gasteiger partial charge in [0.05, 0.1) is 11.7 Å². The van der Waals surface area contributed by atoms with Gasteiger partial charge in [-0.1, -0.05) is 24.3 Å². The van der Waals surface area contributed by atoms with Crippen LogP contribution >= 0.6 is 0 Å². The number of aromatic nitrogens is 2. The van der Waals surface area contributed by atoms with Crippen LogP contribution in [0, 0.1) is 0 Å². The van der Waals surface area contributed by atoms with Crippen molar-refractivity contribution in [3.05, 3.63) is 48.0 Å². The fraction of sp³-hybridized carbons (Fsp3) is 0.300. The summed E-state index contributed by atoms with van der Waals surface area (Å²) in [5.74, 6) is -0.00348. The van der Waals surface area contributed by atoms with Crippen molar-refractivity contribution in [1.29, 1.82) is 0 Å². The molecular formula is C20H19F3N4O2. The van der Waals surface area contributed by atoms with Crippen LogP contribution in [0.15, 0.2) is 42.5 Å². The Morgan fingerprint density at radius 2 is 1.79 bits per heavy atom. The van der Waals surface area contributed by atoms with Gasteiger partial charge in [-0.05, 0) is 24.6 Å². The predicted octanol–water partition coefficient (Wildman–Crippen LogP) is 3.16. The summed E-state index contributed by atoms with van der Waals surface area (Å²) in [5.41, 5.74) is -0.472. The molecule has 1 fully saturated rings. The first-order valence-corrected chi connectivity index (χ1v) is 9.14. The Kier molecular flexibility index (Phi) is 5.01. The molecule has 1 aliphatic heterocycles. The first kappa shape index (κ1) is 19.4. The maximum atomic E-state index is 12.9. The number of nitrogens with one attached hydrogen (secondary N) is 2. The summed E-state index contributed by atoms with van der Waals surface area (Å²) in [7, 11) is 0. The first-order chi connectivity index (χ1) is 13.8. The van der Waals surface area contributed by atoms with E-state index in [-0.39, 0.29) is 11.6 Å². The third kappa shape index (κ3) is 3.96. The Labute approximate surface area is 164 Å². The van der Waals surface area contributed by atoms with Crippen LogP contribution in [0.4, 0.5) is 19.0 Å². The number of rotatable bonds is 3. The van der Waals surface area contributed by atoms with Gasteiger partial charge in [0.1, 0.15) is 11.4 Å². The molecule has 0 amide bonds. The van der Waals surface area contributed by atoms with Gasteiger partial charge in [-0.2, -0.15) is 13.2 Å². The Morgan fingerprint density at radius 1 is 1.03 bits per heavy atom. The number of piperidine rings is 1. The lowest BCUT2D eigenvalue weighted by Gasteiger charge is -2.28. The van der Waals surface area contributed by atoms with E-state index in [4.69, 9.17) is 0 Å². The molecule has 6 nitrogen and oxygen atoms in total. The molecule has 0 bridgehead atoms. The van der Waals surface area contributed by atoms with Gasteiger partial charge in [-0.15, -0.1) is 10.2 Å². The van der Waals surface area contributed by atoms with Crippen molar-refractivity contribution in [1.82, 2.24) is 15.5 Å². The van der Waals surface area contributed by atoms with Crippen molar-refractivity contribution >= 4 is 16.6 Å². The number of aromatic hydroxyl groups is 1. The van der Waals surface area contributed by atoms with Gasteiger partial charge < -0.3 is 20.8 Å². The third-order valence-electron chi connectivity index (χ3n) is 4.94. The number of hydrogen-bond donors (Lipinski definition) is 4. The van der Waals surface area contributed by atoms with Gasteiger partial charge in [-0.25, -0.2) is 0 Å². The molecule has 9 heteroatoms. The second-order valence-electron chi connectivity index (χ2n) is 7.06. The summed E-state index contributed by atoms with van der Waals surface area (Å²) in [6.07, 6.45) is -4.44. The van der Waals surface area contributed by atoms with Gasteiger partial charge in [0.15, 0.2) is 5.82 Å². The van der Waals surface area contributed by atoms with Crippen molar-refractivity contribution in [2.45, 2.75) is 24.7 Å². The van der Waals surface area contributed by atoms with E-state index in [0.717, 1.165) is 11.5 Å². The summed E-state index contributed by atoms with van der Waals surface area (Å²) in [4.78, 5) is 0. The Hall–Kier alpha value is -2.91. The lowest BCUT2D eigenvalue weighted by Crippen LogP contribution is -2.45. The van der Waals surface area contributed by atoms with E-state index >= 15 is 0 Å². The number of aliphatic hydroxyl groups is 1. The van der Waals surface area contributed by atoms with Crippen LogP contribution in [-0.2, 0) is 6.18 Å². The minimum atomic E-state index is -4.55. The van der Waals surface area contributed by atoms with Crippen LogP contribution in [-0.4, -0.2) is 45.6 Å². The topological polar surface area (TPSA) is 90.3 Å². The molecule has 152 valence electrons. The van der Waals surface area contributed by atoms with Gasteiger partial charge in [-0.3, -0.25) is 0 Å². The molecule has 4 rings (SSSR count). The highest BCUT2D eigenvalue weighted by Crippen LogP contribution is 2.38. The zero-order valence-electron chi connectivity index (χ0n) is 15.2. The van der Waals surface area contributed by atoms with E-state index in [2.05, 4.69) is 20.8 Å². The number of halogens is 3. The van der Waals surface area contributed by atoms with E-state index in [1.807, 2.05) is 12.1 Å². The van der Waals surface area contributed by atoms with Crippen LogP contribution in [0.2, 0.25) is 0 Å². The first-order valence-electron chi connectivity index (χ1n) is 9.14. The molecule has 0 aliphatic carbocycles. The van der Waals surface area contributed by atoms with Crippen molar-refractivity contribution in [3.63, 3.8) is 0 Å². The van der Waals surface area contributed by atoms with Crippen molar-refractivity contribution in [2.24, 2.45) is 0 Å². The summed E-state index contributed by atoms with van der Waals surface area (Å²) >= 11 is 0. The molecular weight excluding hydrogens is 385 g/mol. The highest BCUT2D eigenvalue weighted by Gasteiger charge is 2.31. The molecule has 1 saturated heterocycles. The fourth-order valence-electron chi connectivity index (χ4n) is 3.54. The molecule has 2 aromatic carbocycles. The molecule has 2 heterocycles. The van der Waals surface area contributed by atoms with Gasteiger partial charge in [0.25, 0.3) is 0 Å². The van der Waals surface area contributed by atoms with Crippen molar-refractivity contribution in [2.75, 3.05) is 18.4 Å². The van der Waals surface area contributed by atoms with Crippen molar-refractivity contribution in [3.8, 4) is 17.0 Å². The van der Waals surface area contributed by atoms with Crippen molar-refractivity contribution < 1.29 is 23.4 Å². The molecule has 1 aromatic heterocycles. The monoisotopic (exact) mass is 404 g/mol. The maximum Gasteiger partial charge on any atom is 0.416 e. The van der Waals surface area contributed by atoms with E-state index in [9.17, 15) is 23.4 Å². The summed E-state index contributed by atoms with van der Waals surface area (Å²) in [5, 5.41) is 36.2. The Bertz CT molecular complexity index is 1040. The molecule has 4 N–H and O–H groups in total. The molecule has 3 aromatic rings. The van der Waals surface area contributed by atoms with E-state index in [0.29, 0.717) is 42.5 Å². The summed E-state index contributed by atoms with van der Waals surface area (Å²) < 4.78 is 38.7. The average molecular weight is 404 g/mol. The smallest absolute Gasteiger partial charge is 0.416 e. The highest BCUT2D eigenvalue weighted by atomic mass is 19.4. The van der Waals surface area contributed by atoms with Crippen LogP contribution in [0.1, 0.15) is 12.0 Å². The SMILES string of the molecule is Oc1cc(C(F)(F)F)ccc1-c1nnc(NC2CNC[C@H](O)C2)c2ccccc12.